The average Bonchev–Trinajstić information content (AvgIpc) is 3.42. The first-order valence-electron chi connectivity index (χ1n) is 10.4. The van der Waals surface area contributed by atoms with Crippen LogP contribution < -0.4 is 4.90 Å². The molecule has 0 aliphatic rings. The van der Waals surface area contributed by atoms with E-state index in [1.165, 1.54) is 23.5 Å². The van der Waals surface area contributed by atoms with Crippen molar-refractivity contribution >= 4 is 42.4 Å². The zero-order valence-corrected chi connectivity index (χ0v) is 19.9. The number of benzene rings is 2. The van der Waals surface area contributed by atoms with Crippen LogP contribution in [0.3, 0.4) is 0 Å². The molecule has 172 valence electrons. The van der Waals surface area contributed by atoms with E-state index in [4.69, 9.17) is 9.40 Å². The van der Waals surface area contributed by atoms with Gasteiger partial charge in [-0.25, -0.2) is 17.8 Å². The molecule has 0 bridgehead atoms. The fourth-order valence-electron chi connectivity index (χ4n) is 3.60. The predicted molar refractivity (Wildman–Crippen MR) is 127 cm³/mol. The van der Waals surface area contributed by atoms with Crippen molar-refractivity contribution in [2.24, 2.45) is 0 Å². The topological polar surface area (TPSA) is 80.5 Å². The standard InChI is InChI=1S/C24H23FN2O4S2/c1-16-13-17(2)23-21(14-16)32-24(26-23)27(15-19-5-3-11-31-19)22(28)6-4-12-33(29,30)20-9-7-18(25)8-10-20/h3,5,7-11,13-14H,4,6,12,15H2,1-2H3. The van der Waals surface area contributed by atoms with Crippen LogP contribution in [0.2, 0.25) is 0 Å². The quantitative estimate of drug-likeness (QED) is 0.310. The van der Waals surface area contributed by atoms with Gasteiger partial charge in [0.25, 0.3) is 0 Å². The maximum atomic E-state index is 13.2. The van der Waals surface area contributed by atoms with Crippen molar-refractivity contribution in [1.29, 1.82) is 0 Å². The van der Waals surface area contributed by atoms with Crippen molar-refractivity contribution in [1.82, 2.24) is 4.98 Å². The molecule has 33 heavy (non-hydrogen) atoms. The van der Waals surface area contributed by atoms with Crippen LogP contribution in [0.5, 0.6) is 0 Å². The smallest absolute Gasteiger partial charge is 0.229 e. The Bertz CT molecular complexity index is 1380. The van der Waals surface area contributed by atoms with Crippen LogP contribution in [-0.4, -0.2) is 25.1 Å². The van der Waals surface area contributed by atoms with E-state index in [9.17, 15) is 17.6 Å². The monoisotopic (exact) mass is 486 g/mol. The van der Waals surface area contributed by atoms with Gasteiger partial charge in [-0.05, 0) is 73.9 Å². The lowest BCUT2D eigenvalue weighted by Crippen LogP contribution is -2.30. The number of rotatable bonds is 8. The van der Waals surface area contributed by atoms with Gasteiger partial charge in [-0.3, -0.25) is 9.69 Å². The van der Waals surface area contributed by atoms with Crippen molar-refractivity contribution in [3.05, 3.63) is 77.5 Å². The third kappa shape index (κ3) is 5.31. The van der Waals surface area contributed by atoms with Gasteiger partial charge in [0.05, 0.1) is 33.7 Å². The van der Waals surface area contributed by atoms with Gasteiger partial charge < -0.3 is 4.42 Å². The van der Waals surface area contributed by atoms with Gasteiger partial charge in [0, 0.05) is 6.42 Å². The maximum Gasteiger partial charge on any atom is 0.229 e. The second-order valence-electron chi connectivity index (χ2n) is 7.86. The van der Waals surface area contributed by atoms with E-state index in [2.05, 4.69) is 0 Å². The zero-order chi connectivity index (χ0) is 23.6. The van der Waals surface area contributed by atoms with Crippen LogP contribution in [0.4, 0.5) is 9.52 Å². The summed E-state index contributed by atoms with van der Waals surface area (Å²) >= 11 is 1.42. The number of hydrogen-bond donors (Lipinski definition) is 0. The minimum atomic E-state index is -3.61. The Kier molecular flexibility index (Phi) is 6.62. The van der Waals surface area contributed by atoms with Gasteiger partial charge in [-0.15, -0.1) is 0 Å². The fourth-order valence-corrected chi connectivity index (χ4v) is 6.07. The number of aromatic nitrogens is 1. The van der Waals surface area contributed by atoms with E-state index in [0.717, 1.165) is 33.5 Å². The summed E-state index contributed by atoms with van der Waals surface area (Å²) in [5.41, 5.74) is 2.99. The largest absolute Gasteiger partial charge is 0.467 e. The minimum Gasteiger partial charge on any atom is -0.467 e. The first-order chi connectivity index (χ1) is 15.7. The van der Waals surface area contributed by atoms with Gasteiger partial charge in [-0.1, -0.05) is 17.4 Å². The molecule has 0 saturated heterocycles. The molecule has 2 aromatic carbocycles. The molecule has 4 aromatic rings. The Morgan fingerprint density at radius 3 is 2.61 bits per heavy atom. The van der Waals surface area contributed by atoms with Crippen molar-refractivity contribution in [2.75, 3.05) is 10.7 Å². The van der Waals surface area contributed by atoms with Gasteiger partial charge in [0.2, 0.25) is 5.91 Å². The summed E-state index contributed by atoms with van der Waals surface area (Å²) in [4.78, 5) is 19.5. The first kappa shape index (κ1) is 23.1. The minimum absolute atomic E-state index is 0.0229. The fraction of sp³-hybridized carbons (Fsp3) is 0.250. The number of carbonyl (C=O) groups excluding carboxylic acids is 1. The van der Waals surface area contributed by atoms with Gasteiger partial charge in [-0.2, -0.15) is 0 Å². The molecular formula is C24H23FN2O4S2. The number of carbonyl (C=O) groups is 1. The maximum absolute atomic E-state index is 13.2. The Labute approximate surface area is 195 Å². The molecule has 9 heteroatoms. The summed E-state index contributed by atoms with van der Waals surface area (Å²) in [6, 6.07) is 12.3. The lowest BCUT2D eigenvalue weighted by Gasteiger charge is -2.18. The Morgan fingerprint density at radius 2 is 1.91 bits per heavy atom. The molecule has 0 N–H and O–H groups in total. The van der Waals surface area contributed by atoms with Crippen LogP contribution in [0.25, 0.3) is 10.2 Å². The van der Waals surface area contributed by atoms with E-state index >= 15 is 0 Å². The summed E-state index contributed by atoms with van der Waals surface area (Å²) in [6.07, 6.45) is 1.70. The summed E-state index contributed by atoms with van der Waals surface area (Å²) in [6.45, 7) is 4.20. The number of fused-ring (bicyclic) bond motifs is 1. The molecule has 0 saturated carbocycles. The van der Waals surface area contributed by atoms with E-state index < -0.39 is 15.7 Å². The predicted octanol–water partition coefficient (Wildman–Crippen LogP) is 5.43. The van der Waals surface area contributed by atoms with Crippen LogP contribution in [0.15, 0.2) is 64.1 Å². The van der Waals surface area contributed by atoms with Crippen LogP contribution in [0, 0.1) is 19.7 Å². The zero-order valence-electron chi connectivity index (χ0n) is 18.2. The third-order valence-corrected chi connectivity index (χ3v) is 8.06. The number of sulfone groups is 1. The van der Waals surface area contributed by atoms with Gasteiger partial charge >= 0.3 is 0 Å². The Hall–Kier alpha value is -3.04. The number of amides is 1. The summed E-state index contributed by atoms with van der Waals surface area (Å²) in [5, 5.41) is 0.543. The van der Waals surface area contributed by atoms with Crippen molar-refractivity contribution in [3.8, 4) is 0 Å². The summed E-state index contributed by atoms with van der Waals surface area (Å²) in [5.74, 6) is -0.348. The number of anilines is 1. The highest BCUT2D eigenvalue weighted by atomic mass is 32.2. The van der Waals surface area contributed by atoms with E-state index in [-0.39, 0.29) is 35.9 Å². The Balaban J connectivity index is 1.53. The number of furan rings is 1. The average molecular weight is 487 g/mol. The third-order valence-electron chi connectivity index (χ3n) is 5.22. The molecule has 0 radical (unpaired) electrons. The van der Waals surface area contributed by atoms with Crippen LogP contribution in [-0.2, 0) is 21.2 Å². The van der Waals surface area contributed by atoms with Crippen LogP contribution >= 0.6 is 11.3 Å². The first-order valence-corrected chi connectivity index (χ1v) is 12.9. The Morgan fingerprint density at radius 1 is 1.15 bits per heavy atom. The second kappa shape index (κ2) is 9.44. The molecule has 2 aromatic heterocycles. The van der Waals surface area contributed by atoms with Crippen molar-refractivity contribution in [2.45, 2.75) is 38.1 Å². The lowest BCUT2D eigenvalue weighted by molar-refractivity contribution is -0.118. The molecule has 0 aliphatic carbocycles. The number of nitrogens with zero attached hydrogens (tertiary/aromatic N) is 2. The highest BCUT2D eigenvalue weighted by Gasteiger charge is 2.23. The second-order valence-corrected chi connectivity index (χ2v) is 11.0. The van der Waals surface area contributed by atoms with Crippen LogP contribution in [0.1, 0.15) is 29.7 Å². The van der Waals surface area contributed by atoms with E-state index in [1.807, 2.05) is 26.0 Å². The summed E-state index contributed by atoms with van der Waals surface area (Å²) < 4.78 is 44.6. The molecule has 4 rings (SSSR count). The normalized spacial score (nSPS) is 11.7. The molecule has 1 amide bonds. The SMILES string of the molecule is Cc1cc(C)c2nc(N(Cc3ccco3)C(=O)CCCS(=O)(=O)c3ccc(F)cc3)sc2c1. The molecule has 0 fully saturated rings. The highest BCUT2D eigenvalue weighted by molar-refractivity contribution is 7.91. The lowest BCUT2D eigenvalue weighted by atomic mass is 10.1. The molecule has 6 nitrogen and oxygen atoms in total. The van der Waals surface area contributed by atoms with Crippen molar-refractivity contribution < 1.29 is 22.0 Å². The number of aryl methyl sites for hydroxylation is 2. The molecule has 0 aliphatic heterocycles. The molecule has 0 atom stereocenters. The molecule has 0 spiro atoms. The van der Waals surface area contributed by atoms with E-state index in [1.54, 1.807) is 23.3 Å². The summed E-state index contributed by atoms with van der Waals surface area (Å²) in [7, 11) is -3.61. The van der Waals surface area contributed by atoms with Gasteiger partial charge in [0.1, 0.15) is 11.6 Å². The molecule has 2 heterocycles. The van der Waals surface area contributed by atoms with E-state index in [0.29, 0.717) is 10.9 Å². The number of thiazole rings is 1. The molecule has 0 unspecified atom stereocenters. The van der Waals surface area contributed by atoms with Gasteiger partial charge in [0.15, 0.2) is 15.0 Å². The number of halogens is 1. The molecular weight excluding hydrogens is 463 g/mol. The number of hydrogen-bond acceptors (Lipinski definition) is 6. The van der Waals surface area contributed by atoms with Crippen molar-refractivity contribution in [3.63, 3.8) is 0 Å². The highest BCUT2D eigenvalue weighted by Crippen LogP contribution is 2.33.